The van der Waals surface area contributed by atoms with Crippen molar-refractivity contribution >= 4 is 37.7 Å². The molecule has 0 aliphatic heterocycles. The van der Waals surface area contributed by atoms with Gasteiger partial charge in [-0.3, -0.25) is 0 Å². The van der Waals surface area contributed by atoms with Crippen molar-refractivity contribution in [3.05, 3.63) is 193 Å². The molecule has 0 nitrogen and oxygen atoms in total. The summed E-state index contributed by atoms with van der Waals surface area (Å²) in [7, 11) is 0. The van der Waals surface area contributed by atoms with Gasteiger partial charge in [0.15, 0.2) is 93.1 Å². The maximum absolute atomic E-state index is 14.9. The van der Waals surface area contributed by atoms with E-state index in [1.165, 1.54) is 20.2 Å². The van der Waals surface area contributed by atoms with Crippen molar-refractivity contribution in [1.29, 1.82) is 0 Å². The molecular formula is C41H17BF20S. The third kappa shape index (κ3) is 8.36. The van der Waals surface area contributed by atoms with Crippen LogP contribution in [0.4, 0.5) is 87.8 Å². The van der Waals surface area contributed by atoms with Gasteiger partial charge in [-0.1, -0.05) is 24.3 Å². The molecule has 6 aromatic carbocycles. The number of rotatable bonds is 8. The Kier molecular flexibility index (Phi) is 13.1. The summed E-state index contributed by atoms with van der Waals surface area (Å²) in [6.07, 6.45) is -13.9. The first-order chi connectivity index (χ1) is 29.5. The highest BCUT2D eigenvalue weighted by molar-refractivity contribution is 7.24. The molecule has 0 N–H and O–H groups in total. The molecule has 7 aromatic rings. The van der Waals surface area contributed by atoms with Crippen molar-refractivity contribution in [2.24, 2.45) is 0 Å². The van der Waals surface area contributed by atoms with E-state index in [-0.39, 0.29) is 0 Å². The van der Waals surface area contributed by atoms with Crippen LogP contribution in [0.2, 0.25) is 0 Å². The smallest absolute Gasteiger partial charge is 0.203 e. The van der Waals surface area contributed by atoms with Gasteiger partial charge >= 0.3 is 0 Å². The van der Waals surface area contributed by atoms with Crippen LogP contribution in [0.25, 0.3) is 20.2 Å². The Morgan fingerprint density at radius 3 is 0.683 bits per heavy atom. The average molecular weight is 932 g/mol. The molecular weight excluding hydrogens is 915 g/mol. The van der Waals surface area contributed by atoms with Gasteiger partial charge in [-0.15, -0.1) is 25.3 Å². The molecule has 330 valence electrons. The van der Waals surface area contributed by atoms with Crippen LogP contribution in [0, 0.1) is 116 Å². The zero-order valence-electron chi connectivity index (χ0n) is 30.6. The third-order valence-corrected chi connectivity index (χ3v) is 11.3. The fraction of sp³-hybridized carbons (Fsp3) is 0.0976. The van der Waals surface area contributed by atoms with Gasteiger partial charge < -0.3 is 0 Å². The summed E-state index contributed by atoms with van der Waals surface area (Å²) in [4.78, 5) is 0. The van der Waals surface area contributed by atoms with E-state index in [1.54, 1.807) is 0 Å². The lowest BCUT2D eigenvalue weighted by molar-refractivity contribution is 0.368. The molecule has 1 heterocycles. The number of benzene rings is 6. The quantitative estimate of drug-likeness (QED) is 0.0356. The lowest BCUT2D eigenvalue weighted by atomic mass is 9.16. The van der Waals surface area contributed by atoms with Crippen LogP contribution < -0.4 is 0 Å². The molecule has 0 fully saturated rings. The topological polar surface area (TPSA) is 0 Å². The van der Waals surface area contributed by atoms with Crippen LogP contribution >= 0.6 is 11.3 Å². The third-order valence-electron chi connectivity index (χ3n) is 10.1. The Balaban J connectivity index is 0.000000393. The van der Waals surface area contributed by atoms with Crippen molar-refractivity contribution in [3.63, 3.8) is 0 Å². The van der Waals surface area contributed by atoms with Crippen LogP contribution in [-0.4, -0.2) is 6.15 Å². The maximum atomic E-state index is 14.9. The zero-order valence-corrected chi connectivity index (χ0v) is 31.4. The van der Waals surface area contributed by atoms with Crippen LogP contribution in [0.3, 0.4) is 0 Å². The Morgan fingerprint density at radius 2 is 0.460 bits per heavy atom. The summed E-state index contributed by atoms with van der Waals surface area (Å²) < 4.78 is 290. The molecule has 1 aromatic heterocycles. The molecule has 0 saturated heterocycles. The molecule has 0 atom stereocenters. The van der Waals surface area contributed by atoms with Crippen molar-refractivity contribution in [1.82, 2.24) is 0 Å². The highest BCUT2D eigenvalue weighted by Crippen LogP contribution is 2.38. The largest absolute Gasteiger partial charge is 0.238 e. The van der Waals surface area contributed by atoms with E-state index in [1.807, 2.05) is 11.3 Å². The lowest BCUT2D eigenvalue weighted by Crippen LogP contribution is -2.49. The van der Waals surface area contributed by atoms with E-state index in [0.717, 1.165) is 0 Å². The summed E-state index contributed by atoms with van der Waals surface area (Å²) in [5.74, 6) is -57.8. The Morgan fingerprint density at radius 1 is 0.270 bits per heavy atom. The van der Waals surface area contributed by atoms with E-state index in [4.69, 9.17) is 0 Å². The Labute approximate surface area is 343 Å². The number of hydrogen-bond acceptors (Lipinski definition) is 0. The van der Waals surface area contributed by atoms with E-state index in [9.17, 15) is 87.8 Å². The SMILES string of the molecule is Fc1c(F)c(F)c(C[B-](Cc2c(F)c(F)c(F)c(F)c2F)(Cc2c(F)c(F)c(F)c(F)c2F)Cc2c(F)c(F)c(F)c(F)c2F)c(F)c1F.c1ccc2[s+]c3ccccc3cc2c1. The predicted molar refractivity (Wildman–Crippen MR) is 189 cm³/mol. The first-order valence-electron chi connectivity index (χ1n) is 17.5. The maximum Gasteiger partial charge on any atom is 0.238 e. The second kappa shape index (κ2) is 17.7. The van der Waals surface area contributed by atoms with E-state index in [0.29, 0.717) is 0 Å². The number of halogens is 20. The monoisotopic (exact) mass is 932 g/mol. The van der Waals surface area contributed by atoms with Crippen molar-refractivity contribution in [3.8, 4) is 0 Å². The molecule has 0 unspecified atom stereocenters. The van der Waals surface area contributed by atoms with Gasteiger partial charge in [0, 0.05) is 29.1 Å². The molecule has 0 spiro atoms. The molecule has 0 saturated carbocycles. The molecule has 22 heteroatoms. The molecule has 0 amide bonds. The summed E-state index contributed by atoms with van der Waals surface area (Å²) in [6, 6.07) is 19.3. The highest BCUT2D eigenvalue weighted by Gasteiger charge is 2.40. The van der Waals surface area contributed by atoms with Crippen molar-refractivity contribution in [2.45, 2.75) is 25.3 Å². The van der Waals surface area contributed by atoms with Gasteiger partial charge in [-0.05, 0) is 40.5 Å². The van der Waals surface area contributed by atoms with E-state index >= 15 is 0 Å². The molecule has 0 bridgehead atoms. The minimum Gasteiger partial charge on any atom is -0.203 e. The number of fused-ring (bicyclic) bond motifs is 2. The highest BCUT2D eigenvalue weighted by atomic mass is 32.1. The first-order valence-corrected chi connectivity index (χ1v) is 18.3. The van der Waals surface area contributed by atoms with Crippen molar-refractivity contribution in [2.75, 3.05) is 0 Å². The Hall–Kier alpha value is -5.93. The van der Waals surface area contributed by atoms with Gasteiger partial charge in [-0.2, -0.15) is 0 Å². The second-order valence-corrected chi connectivity index (χ2v) is 15.1. The minimum atomic E-state index is -4.78. The van der Waals surface area contributed by atoms with E-state index < -0.39 is 170 Å². The van der Waals surface area contributed by atoms with E-state index in [2.05, 4.69) is 54.6 Å². The first kappa shape index (κ1) is 46.6. The summed E-state index contributed by atoms with van der Waals surface area (Å²) in [5.41, 5.74) is -8.97. The molecule has 0 radical (unpaired) electrons. The Bertz CT molecular complexity index is 2480. The normalized spacial score (nSPS) is 11.7. The van der Waals surface area contributed by atoms with Gasteiger partial charge in [-0.25, -0.2) is 87.8 Å². The number of hydrogen-bond donors (Lipinski definition) is 0. The van der Waals surface area contributed by atoms with Gasteiger partial charge in [0.1, 0.15) is 0 Å². The standard InChI is InChI=1S/C28H8BF20.C13H9S/c30-9-5(10(31)18(39)25(46)17(9)38)1-29(2-6-11(32)19(40)26(47)20(41)12(6)33,3-7-13(34)21(42)27(48)22(43)14(7)35)4-8-15(36)23(44)28(49)24(45)16(8)37;1-3-7-12-10(5-1)9-11-6-2-4-8-13(11)14-12/h1-4H2;1-9H/q-1;+1. The summed E-state index contributed by atoms with van der Waals surface area (Å²) >= 11 is 1.85. The van der Waals surface area contributed by atoms with Crippen LogP contribution in [0.1, 0.15) is 22.3 Å². The van der Waals surface area contributed by atoms with Crippen LogP contribution in [0.15, 0.2) is 54.6 Å². The minimum absolute atomic E-state index is 1.33. The molecule has 0 aliphatic rings. The zero-order chi connectivity index (χ0) is 46.6. The average Bonchev–Trinajstić information content (AvgIpc) is 3.28. The molecule has 63 heavy (non-hydrogen) atoms. The molecule has 0 aliphatic carbocycles. The summed E-state index contributed by atoms with van der Waals surface area (Å²) in [6.45, 7) is 0. The lowest BCUT2D eigenvalue weighted by Gasteiger charge is -2.41. The van der Waals surface area contributed by atoms with Crippen molar-refractivity contribution < 1.29 is 87.8 Å². The van der Waals surface area contributed by atoms with Crippen LogP contribution in [0.5, 0.6) is 0 Å². The predicted octanol–water partition coefficient (Wildman–Crippen LogP) is 13.7. The fourth-order valence-corrected chi connectivity index (χ4v) is 8.17. The summed E-state index contributed by atoms with van der Waals surface area (Å²) in [5, 5.41) is 2.66. The second-order valence-electron chi connectivity index (χ2n) is 14.1. The molecule has 7 rings (SSSR count). The van der Waals surface area contributed by atoms with Crippen LogP contribution in [-0.2, 0) is 25.3 Å². The fourth-order valence-electron chi connectivity index (χ4n) is 7.15. The van der Waals surface area contributed by atoms with Gasteiger partial charge in [0.05, 0.1) is 0 Å². The van der Waals surface area contributed by atoms with Gasteiger partial charge in [0.2, 0.25) is 44.0 Å². The van der Waals surface area contributed by atoms with Gasteiger partial charge in [0.25, 0.3) is 0 Å².